The predicted molar refractivity (Wildman–Crippen MR) is 58.1 cm³/mol. The van der Waals surface area contributed by atoms with Gasteiger partial charge in [-0.25, -0.2) is 0 Å². The minimum absolute atomic E-state index is 0.800. The highest BCUT2D eigenvalue weighted by Gasteiger charge is 2.05. The van der Waals surface area contributed by atoms with Crippen LogP contribution in [0, 0.1) is 0 Å². The molecule has 2 heteroatoms. The van der Waals surface area contributed by atoms with Gasteiger partial charge in [-0.05, 0) is 12.1 Å². The van der Waals surface area contributed by atoms with Crippen molar-refractivity contribution in [3.63, 3.8) is 0 Å². The molecule has 3 rings (SSSR count). The van der Waals surface area contributed by atoms with E-state index in [2.05, 4.69) is 0 Å². The maximum atomic E-state index is 5.94. The van der Waals surface area contributed by atoms with Crippen LogP contribution < -0.4 is 5.73 Å². The van der Waals surface area contributed by atoms with Gasteiger partial charge in [-0.15, -0.1) is 0 Å². The summed E-state index contributed by atoms with van der Waals surface area (Å²) in [6.45, 7) is 0. The zero-order chi connectivity index (χ0) is 9.54. The summed E-state index contributed by atoms with van der Waals surface area (Å²) >= 11 is 0. The van der Waals surface area contributed by atoms with Crippen molar-refractivity contribution < 1.29 is 4.42 Å². The fraction of sp³-hybridized carbons (Fsp3) is 0. The zero-order valence-electron chi connectivity index (χ0n) is 7.53. The van der Waals surface area contributed by atoms with Gasteiger partial charge in [0.05, 0.1) is 6.26 Å². The van der Waals surface area contributed by atoms with Crippen LogP contribution in [0.5, 0.6) is 0 Å². The summed E-state index contributed by atoms with van der Waals surface area (Å²) in [6, 6.07) is 11.9. The Bertz CT molecular complexity index is 610. The van der Waals surface area contributed by atoms with Crippen molar-refractivity contribution in [1.29, 1.82) is 0 Å². The number of rotatable bonds is 0. The maximum absolute atomic E-state index is 5.94. The molecule has 0 bridgehead atoms. The van der Waals surface area contributed by atoms with Crippen LogP contribution in [0.2, 0.25) is 0 Å². The quantitative estimate of drug-likeness (QED) is 0.544. The fourth-order valence-corrected chi connectivity index (χ4v) is 1.83. The number of fused-ring (bicyclic) bond motifs is 3. The number of nitrogen functional groups attached to an aromatic ring is 1. The van der Waals surface area contributed by atoms with Crippen molar-refractivity contribution in [3.05, 3.63) is 42.7 Å². The highest BCUT2D eigenvalue weighted by Crippen LogP contribution is 2.30. The topological polar surface area (TPSA) is 39.2 Å². The lowest BCUT2D eigenvalue weighted by Crippen LogP contribution is -1.86. The third kappa shape index (κ3) is 0.852. The third-order valence-electron chi connectivity index (χ3n) is 2.49. The van der Waals surface area contributed by atoms with E-state index < -0.39 is 0 Å². The van der Waals surface area contributed by atoms with Crippen molar-refractivity contribution in [3.8, 4) is 0 Å². The lowest BCUT2D eigenvalue weighted by atomic mass is 10.1. The molecule has 0 aliphatic heterocycles. The first-order chi connectivity index (χ1) is 6.86. The van der Waals surface area contributed by atoms with Gasteiger partial charge in [0.25, 0.3) is 0 Å². The van der Waals surface area contributed by atoms with Gasteiger partial charge in [0.2, 0.25) is 0 Å². The second-order valence-corrected chi connectivity index (χ2v) is 3.35. The monoisotopic (exact) mass is 183 g/mol. The van der Waals surface area contributed by atoms with Gasteiger partial charge in [0.15, 0.2) is 0 Å². The molecule has 2 nitrogen and oxygen atoms in total. The molecule has 0 saturated heterocycles. The molecule has 2 aromatic carbocycles. The molecule has 0 radical (unpaired) electrons. The first-order valence-electron chi connectivity index (χ1n) is 4.51. The van der Waals surface area contributed by atoms with E-state index >= 15 is 0 Å². The number of benzene rings is 2. The van der Waals surface area contributed by atoms with E-state index in [9.17, 15) is 0 Å². The fourth-order valence-electron chi connectivity index (χ4n) is 1.83. The zero-order valence-corrected chi connectivity index (χ0v) is 7.53. The molecule has 2 N–H and O–H groups in total. The molecular formula is C12H9NO. The number of hydrogen-bond acceptors (Lipinski definition) is 2. The van der Waals surface area contributed by atoms with Gasteiger partial charge in [0.1, 0.15) is 5.58 Å². The first-order valence-corrected chi connectivity index (χ1v) is 4.51. The molecule has 0 aliphatic carbocycles. The Kier molecular flexibility index (Phi) is 1.34. The van der Waals surface area contributed by atoms with Crippen LogP contribution in [0.3, 0.4) is 0 Å². The largest absolute Gasteiger partial charge is 0.464 e. The van der Waals surface area contributed by atoms with E-state index in [1.165, 1.54) is 0 Å². The maximum Gasteiger partial charge on any atom is 0.141 e. The second kappa shape index (κ2) is 2.51. The standard InChI is InChI=1S/C12H9NO/c13-11-7-8-5-6-14-12(8)10-4-2-1-3-9(10)11/h1-7H,13H2. The van der Waals surface area contributed by atoms with Crippen LogP contribution >= 0.6 is 0 Å². The molecule has 14 heavy (non-hydrogen) atoms. The number of hydrogen-bond donors (Lipinski definition) is 1. The molecule has 1 heterocycles. The molecule has 0 aliphatic rings. The molecule has 0 atom stereocenters. The van der Waals surface area contributed by atoms with E-state index in [0.717, 1.165) is 27.4 Å². The lowest BCUT2D eigenvalue weighted by molar-refractivity contribution is 0.619. The van der Waals surface area contributed by atoms with Crippen LogP contribution in [0.4, 0.5) is 5.69 Å². The highest BCUT2D eigenvalue weighted by atomic mass is 16.3. The summed E-state index contributed by atoms with van der Waals surface area (Å²) in [7, 11) is 0. The third-order valence-corrected chi connectivity index (χ3v) is 2.49. The van der Waals surface area contributed by atoms with E-state index in [0.29, 0.717) is 0 Å². The van der Waals surface area contributed by atoms with Crippen molar-refractivity contribution in [2.75, 3.05) is 5.73 Å². The van der Waals surface area contributed by atoms with Gasteiger partial charge in [-0.2, -0.15) is 0 Å². The van der Waals surface area contributed by atoms with E-state index in [-0.39, 0.29) is 0 Å². The van der Waals surface area contributed by atoms with E-state index in [1.54, 1.807) is 6.26 Å². The van der Waals surface area contributed by atoms with E-state index in [1.807, 2.05) is 36.4 Å². The Balaban J connectivity index is 2.67. The minimum atomic E-state index is 0.800. The minimum Gasteiger partial charge on any atom is -0.464 e. The highest BCUT2D eigenvalue weighted by molar-refractivity contribution is 6.09. The second-order valence-electron chi connectivity index (χ2n) is 3.35. The van der Waals surface area contributed by atoms with Crippen LogP contribution in [0.15, 0.2) is 47.1 Å². The predicted octanol–water partition coefficient (Wildman–Crippen LogP) is 3.17. The average Bonchev–Trinajstić information content (AvgIpc) is 2.66. The Labute approximate surface area is 80.9 Å². The van der Waals surface area contributed by atoms with Crippen molar-refractivity contribution in [1.82, 2.24) is 0 Å². The summed E-state index contributed by atoms with van der Waals surface area (Å²) in [4.78, 5) is 0. The molecule has 1 aromatic heterocycles. The molecule has 0 saturated carbocycles. The number of nitrogens with two attached hydrogens (primary N) is 1. The lowest BCUT2D eigenvalue weighted by Gasteiger charge is -2.01. The SMILES string of the molecule is Nc1cc2ccoc2c2ccccc12. The summed E-state index contributed by atoms with van der Waals surface area (Å²) in [6.07, 6.45) is 1.69. The number of furan rings is 1. The van der Waals surface area contributed by atoms with Gasteiger partial charge in [-0.1, -0.05) is 24.3 Å². The normalized spacial score (nSPS) is 11.1. The van der Waals surface area contributed by atoms with Crippen molar-refractivity contribution >= 4 is 27.4 Å². The van der Waals surface area contributed by atoms with Crippen LogP contribution in [-0.2, 0) is 0 Å². The summed E-state index contributed by atoms with van der Waals surface area (Å²) in [5.41, 5.74) is 7.65. The van der Waals surface area contributed by atoms with Crippen molar-refractivity contribution in [2.24, 2.45) is 0 Å². The van der Waals surface area contributed by atoms with Crippen LogP contribution in [-0.4, -0.2) is 0 Å². The summed E-state index contributed by atoms with van der Waals surface area (Å²) in [5, 5.41) is 3.18. The first kappa shape index (κ1) is 7.44. The molecule has 3 aromatic rings. The van der Waals surface area contributed by atoms with Gasteiger partial charge in [-0.3, -0.25) is 0 Å². The summed E-state index contributed by atoms with van der Waals surface area (Å²) < 4.78 is 5.43. The Morgan fingerprint density at radius 2 is 1.79 bits per heavy atom. The molecule has 68 valence electrons. The van der Waals surface area contributed by atoms with Crippen LogP contribution in [0.25, 0.3) is 21.7 Å². The molecular weight excluding hydrogens is 174 g/mol. The van der Waals surface area contributed by atoms with Gasteiger partial charge < -0.3 is 10.2 Å². The average molecular weight is 183 g/mol. The Morgan fingerprint density at radius 1 is 1.00 bits per heavy atom. The van der Waals surface area contributed by atoms with Crippen LogP contribution in [0.1, 0.15) is 0 Å². The Hall–Kier alpha value is -1.96. The molecule has 0 fully saturated rings. The van der Waals surface area contributed by atoms with Gasteiger partial charge in [0, 0.05) is 21.8 Å². The number of anilines is 1. The molecule has 0 amide bonds. The van der Waals surface area contributed by atoms with Gasteiger partial charge >= 0.3 is 0 Å². The molecule has 0 unspecified atom stereocenters. The molecule has 0 spiro atoms. The summed E-state index contributed by atoms with van der Waals surface area (Å²) in [5.74, 6) is 0. The van der Waals surface area contributed by atoms with E-state index in [4.69, 9.17) is 10.2 Å². The van der Waals surface area contributed by atoms with Crippen molar-refractivity contribution in [2.45, 2.75) is 0 Å². The smallest absolute Gasteiger partial charge is 0.141 e. The Morgan fingerprint density at radius 3 is 2.64 bits per heavy atom.